The average Bonchev–Trinajstić information content (AvgIpc) is 2.38. The van der Waals surface area contributed by atoms with Gasteiger partial charge in [0.1, 0.15) is 6.04 Å². The normalized spacial score (nSPS) is 11.4. The molecule has 0 fully saturated rings. The summed E-state index contributed by atoms with van der Waals surface area (Å²) in [4.78, 5) is 23.2. The van der Waals surface area contributed by atoms with Crippen LogP contribution in [0, 0.1) is 0 Å². The first-order valence-corrected chi connectivity index (χ1v) is 5.23. The lowest BCUT2D eigenvalue weighted by Crippen LogP contribution is -2.41. The van der Waals surface area contributed by atoms with Gasteiger partial charge in [-0.05, 0) is 18.6 Å². The molecule has 0 radical (unpaired) electrons. The van der Waals surface area contributed by atoms with E-state index in [1.165, 1.54) is 7.11 Å². The maximum atomic E-state index is 11.8. The highest BCUT2D eigenvalue weighted by molar-refractivity contribution is 5.96. The van der Waals surface area contributed by atoms with E-state index in [-0.39, 0.29) is 5.91 Å². The van der Waals surface area contributed by atoms with Gasteiger partial charge in [-0.2, -0.15) is 0 Å². The van der Waals surface area contributed by atoms with Crippen molar-refractivity contribution in [1.82, 2.24) is 5.32 Å². The van der Waals surface area contributed by atoms with Gasteiger partial charge in [0.05, 0.1) is 7.11 Å². The molecule has 1 N–H and O–H groups in total. The number of benzene rings is 1. The molecule has 1 aromatic carbocycles. The molecular weight excluding hydrogens is 218 g/mol. The fourth-order valence-electron chi connectivity index (χ4n) is 1.35. The van der Waals surface area contributed by atoms with E-state index in [9.17, 15) is 9.59 Å². The van der Waals surface area contributed by atoms with Crippen LogP contribution in [-0.4, -0.2) is 25.0 Å². The topological polar surface area (TPSA) is 55.4 Å². The summed E-state index contributed by atoms with van der Waals surface area (Å²) < 4.78 is 4.60. The first-order valence-electron chi connectivity index (χ1n) is 5.23. The van der Waals surface area contributed by atoms with E-state index in [1.807, 2.05) is 6.07 Å². The van der Waals surface area contributed by atoms with Crippen LogP contribution in [0.25, 0.3) is 0 Å². The standard InChI is InChI=1S/C13H15NO3/c1-3-7-11(13(16)17-2)14-12(15)10-8-5-4-6-9-10/h3-6,8-9,11H,1,7H2,2H3,(H,14,15)/t11-/m0/s1. The number of nitrogens with one attached hydrogen (secondary N) is 1. The number of ether oxygens (including phenoxy) is 1. The van der Waals surface area contributed by atoms with Crippen LogP contribution in [0.3, 0.4) is 0 Å². The van der Waals surface area contributed by atoms with Crippen molar-refractivity contribution in [3.63, 3.8) is 0 Å². The maximum Gasteiger partial charge on any atom is 0.328 e. The maximum absolute atomic E-state index is 11.8. The molecule has 17 heavy (non-hydrogen) atoms. The largest absolute Gasteiger partial charge is 0.467 e. The Balaban J connectivity index is 2.71. The Morgan fingerprint density at radius 1 is 1.41 bits per heavy atom. The van der Waals surface area contributed by atoms with Crippen molar-refractivity contribution < 1.29 is 14.3 Å². The third-order valence-electron chi connectivity index (χ3n) is 2.23. The third-order valence-corrected chi connectivity index (χ3v) is 2.23. The van der Waals surface area contributed by atoms with Crippen molar-refractivity contribution in [1.29, 1.82) is 0 Å². The van der Waals surface area contributed by atoms with Crippen molar-refractivity contribution in [3.05, 3.63) is 48.6 Å². The molecule has 1 rings (SSSR count). The summed E-state index contributed by atoms with van der Waals surface area (Å²) in [5.74, 6) is -0.781. The van der Waals surface area contributed by atoms with Gasteiger partial charge in [-0.3, -0.25) is 4.79 Å². The molecule has 0 saturated heterocycles. The summed E-state index contributed by atoms with van der Waals surface area (Å²) in [5.41, 5.74) is 0.505. The number of amides is 1. The molecular formula is C13H15NO3. The highest BCUT2D eigenvalue weighted by atomic mass is 16.5. The molecule has 1 amide bonds. The molecule has 1 atom stereocenters. The van der Waals surface area contributed by atoms with Gasteiger partial charge in [0.15, 0.2) is 0 Å². The van der Waals surface area contributed by atoms with Crippen molar-refractivity contribution in [2.24, 2.45) is 0 Å². The van der Waals surface area contributed by atoms with E-state index in [1.54, 1.807) is 30.3 Å². The number of carbonyl (C=O) groups excluding carboxylic acids is 2. The van der Waals surface area contributed by atoms with Crippen LogP contribution in [0.1, 0.15) is 16.8 Å². The zero-order valence-corrected chi connectivity index (χ0v) is 9.68. The van der Waals surface area contributed by atoms with Gasteiger partial charge in [-0.25, -0.2) is 4.79 Å². The Morgan fingerprint density at radius 3 is 2.59 bits per heavy atom. The van der Waals surface area contributed by atoms with Crippen molar-refractivity contribution in [3.8, 4) is 0 Å². The number of carbonyl (C=O) groups is 2. The van der Waals surface area contributed by atoms with Gasteiger partial charge in [0, 0.05) is 5.56 Å². The van der Waals surface area contributed by atoms with E-state index < -0.39 is 12.0 Å². The molecule has 0 aliphatic carbocycles. The second-order valence-electron chi connectivity index (χ2n) is 3.44. The summed E-state index contributed by atoms with van der Waals surface area (Å²) in [7, 11) is 1.28. The monoisotopic (exact) mass is 233 g/mol. The lowest BCUT2D eigenvalue weighted by Gasteiger charge is -2.14. The smallest absolute Gasteiger partial charge is 0.328 e. The number of esters is 1. The SMILES string of the molecule is C=CC[C@H](NC(=O)c1ccccc1)C(=O)OC. The molecule has 1 aromatic rings. The number of hydrogen-bond acceptors (Lipinski definition) is 3. The van der Waals surface area contributed by atoms with Crippen LogP contribution in [0.15, 0.2) is 43.0 Å². The van der Waals surface area contributed by atoms with Gasteiger partial charge in [0.2, 0.25) is 0 Å². The lowest BCUT2D eigenvalue weighted by molar-refractivity contribution is -0.142. The van der Waals surface area contributed by atoms with E-state index >= 15 is 0 Å². The van der Waals surface area contributed by atoms with Crippen LogP contribution in [0.5, 0.6) is 0 Å². The zero-order valence-electron chi connectivity index (χ0n) is 9.68. The van der Waals surface area contributed by atoms with E-state index in [0.717, 1.165) is 0 Å². The summed E-state index contributed by atoms with van der Waals surface area (Å²) in [6.45, 7) is 3.54. The Hall–Kier alpha value is -2.10. The zero-order chi connectivity index (χ0) is 12.7. The molecule has 0 heterocycles. The number of methoxy groups -OCH3 is 1. The number of rotatable bonds is 5. The molecule has 4 heteroatoms. The van der Waals surface area contributed by atoms with Crippen molar-refractivity contribution in [2.75, 3.05) is 7.11 Å². The molecule has 0 saturated carbocycles. The minimum absolute atomic E-state index is 0.303. The first kappa shape index (κ1) is 13.0. The molecule has 0 bridgehead atoms. The van der Waals surface area contributed by atoms with Gasteiger partial charge < -0.3 is 10.1 Å². The van der Waals surface area contributed by atoms with Crippen LogP contribution >= 0.6 is 0 Å². The summed E-state index contributed by atoms with van der Waals surface area (Å²) in [6.07, 6.45) is 1.90. The van der Waals surface area contributed by atoms with Crippen molar-refractivity contribution >= 4 is 11.9 Å². The van der Waals surface area contributed by atoms with E-state index in [0.29, 0.717) is 12.0 Å². The highest BCUT2D eigenvalue weighted by Crippen LogP contribution is 2.02. The molecule has 0 aliphatic heterocycles. The Labute approximate surface area is 100 Å². The second kappa shape index (κ2) is 6.48. The summed E-state index contributed by atoms with van der Waals surface area (Å²) >= 11 is 0. The van der Waals surface area contributed by atoms with Gasteiger partial charge in [-0.1, -0.05) is 24.3 Å². The van der Waals surface area contributed by atoms with Crippen molar-refractivity contribution in [2.45, 2.75) is 12.5 Å². The molecule has 90 valence electrons. The van der Waals surface area contributed by atoms with Gasteiger partial charge in [-0.15, -0.1) is 6.58 Å². The quantitative estimate of drug-likeness (QED) is 0.620. The minimum atomic E-state index is -0.690. The molecule has 0 aromatic heterocycles. The van der Waals surface area contributed by atoms with Crippen LogP contribution in [-0.2, 0) is 9.53 Å². The van der Waals surface area contributed by atoms with Crippen LogP contribution < -0.4 is 5.32 Å². The van der Waals surface area contributed by atoms with Gasteiger partial charge in [0.25, 0.3) is 5.91 Å². The predicted molar refractivity (Wildman–Crippen MR) is 64.5 cm³/mol. The molecule has 0 spiro atoms. The summed E-state index contributed by atoms with van der Waals surface area (Å²) in [5, 5.41) is 2.60. The summed E-state index contributed by atoms with van der Waals surface area (Å²) in [6, 6.07) is 8.00. The average molecular weight is 233 g/mol. The van der Waals surface area contributed by atoms with E-state index in [4.69, 9.17) is 0 Å². The Bertz CT molecular complexity index is 400. The highest BCUT2D eigenvalue weighted by Gasteiger charge is 2.20. The molecule has 0 aliphatic rings. The van der Waals surface area contributed by atoms with E-state index in [2.05, 4.69) is 16.6 Å². The Kier molecular flexibility index (Phi) is 4.94. The Morgan fingerprint density at radius 2 is 2.06 bits per heavy atom. The predicted octanol–water partition coefficient (Wildman–Crippen LogP) is 1.53. The molecule has 0 unspecified atom stereocenters. The first-order chi connectivity index (χ1) is 8.19. The second-order valence-corrected chi connectivity index (χ2v) is 3.44. The van der Waals surface area contributed by atoms with Gasteiger partial charge >= 0.3 is 5.97 Å². The fraction of sp³-hybridized carbons (Fsp3) is 0.231. The number of hydrogen-bond donors (Lipinski definition) is 1. The van der Waals surface area contributed by atoms with Crippen LogP contribution in [0.2, 0.25) is 0 Å². The molecule has 4 nitrogen and oxygen atoms in total. The fourth-order valence-corrected chi connectivity index (χ4v) is 1.35. The van der Waals surface area contributed by atoms with Crippen LogP contribution in [0.4, 0.5) is 0 Å². The minimum Gasteiger partial charge on any atom is -0.467 e. The third kappa shape index (κ3) is 3.75. The lowest BCUT2D eigenvalue weighted by atomic mass is 10.1.